The minimum atomic E-state index is 1.09. The number of hydrogen-bond acceptors (Lipinski definition) is 3. The van der Waals surface area contributed by atoms with Gasteiger partial charge in [0.1, 0.15) is 0 Å². The molecule has 19 heavy (non-hydrogen) atoms. The third-order valence-electron chi connectivity index (χ3n) is 3.92. The molecule has 0 aliphatic carbocycles. The van der Waals surface area contributed by atoms with Crippen LogP contribution < -0.4 is 5.32 Å². The molecule has 0 atom stereocenters. The van der Waals surface area contributed by atoms with E-state index in [9.17, 15) is 0 Å². The van der Waals surface area contributed by atoms with E-state index in [0.717, 1.165) is 32.7 Å². The van der Waals surface area contributed by atoms with Crippen LogP contribution in [0, 0.1) is 13.8 Å². The molecule has 0 unspecified atom stereocenters. The van der Waals surface area contributed by atoms with Gasteiger partial charge in [-0.3, -0.25) is 9.80 Å². The number of nitrogens with zero attached hydrogens (tertiary/aromatic N) is 2. The number of nitrogens with one attached hydrogen (secondary N) is 1. The summed E-state index contributed by atoms with van der Waals surface area (Å²) in [5.41, 5.74) is 4.28. The van der Waals surface area contributed by atoms with E-state index in [1.807, 2.05) is 0 Å². The van der Waals surface area contributed by atoms with Crippen molar-refractivity contribution in [3.63, 3.8) is 0 Å². The van der Waals surface area contributed by atoms with Gasteiger partial charge in [0.2, 0.25) is 0 Å². The molecule has 1 aliphatic heterocycles. The molecule has 1 aliphatic rings. The second-order valence-corrected chi connectivity index (χ2v) is 5.77. The van der Waals surface area contributed by atoms with Crippen LogP contribution >= 0.6 is 0 Å². The zero-order valence-corrected chi connectivity index (χ0v) is 12.6. The number of piperazine rings is 1. The molecule has 1 aromatic rings. The lowest BCUT2D eigenvalue weighted by atomic mass is 10.0. The first-order valence-electron chi connectivity index (χ1n) is 7.33. The van der Waals surface area contributed by atoms with E-state index >= 15 is 0 Å². The Morgan fingerprint density at radius 3 is 2.68 bits per heavy atom. The molecular formula is C16H27N3. The second kappa shape index (κ2) is 7.04. The SMILES string of the molecule is Cc1ccc(C)c(CCN(C)CN2CCNCC2)c1. The summed E-state index contributed by atoms with van der Waals surface area (Å²) in [5.74, 6) is 0. The summed E-state index contributed by atoms with van der Waals surface area (Å²) in [6.07, 6.45) is 1.15. The molecule has 0 spiro atoms. The fraction of sp³-hybridized carbons (Fsp3) is 0.625. The van der Waals surface area contributed by atoms with E-state index in [1.54, 1.807) is 0 Å². The van der Waals surface area contributed by atoms with Crippen LogP contribution in [0.5, 0.6) is 0 Å². The molecule has 3 nitrogen and oxygen atoms in total. The minimum absolute atomic E-state index is 1.09. The molecule has 3 heteroatoms. The van der Waals surface area contributed by atoms with Gasteiger partial charge in [0.05, 0.1) is 6.67 Å². The summed E-state index contributed by atoms with van der Waals surface area (Å²) in [4.78, 5) is 4.96. The van der Waals surface area contributed by atoms with E-state index < -0.39 is 0 Å². The lowest BCUT2D eigenvalue weighted by molar-refractivity contribution is 0.140. The Labute approximate surface area is 117 Å². The molecule has 0 saturated carbocycles. The standard InChI is InChI=1S/C16H27N3/c1-14-4-5-15(2)16(12-14)6-9-18(3)13-19-10-7-17-8-11-19/h4-5,12,17H,6-11,13H2,1-3H3. The van der Waals surface area contributed by atoms with Gasteiger partial charge >= 0.3 is 0 Å². The van der Waals surface area contributed by atoms with Gasteiger partial charge in [-0.1, -0.05) is 23.8 Å². The third-order valence-corrected chi connectivity index (χ3v) is 3.92. The molecule has 1 N–H and O–H groups in total. The summed E-state index contributed by atoms with van der Waals surface area (Å²) >= 11 is 0. The molecule has 0 amide bonds. The number of benzene rings is 1. The van der Waals surface area contributed by atoms with Gasteiger partial charge in [-0.05, 0) is 38.4 Å². The number of rotatable bonds is 5. The topological polar surface area (TPSA) is 18.5 Å². The molecular weight excluding hydrogens is 234 g/mol. The maximum absolute atomic E-state index is 3.40. The Morgan fingerprint density at radius 1 is 1.21 bits per heavy atom. The smallest absolute Gasteiger partial charge is 0.0504 e. The average molecular weight is 261 g/mol. The summed E-state index contributed by atoms with van der Waals surface area (Å²) in [6.45, 7) is 11.2. The van der Waals surface area contributed by atoms with Crippen molar-refractivity contribution >= 4 is 0 Å². The first-order valence-corrected chi connectivity index (χ1v) is 7.33. The van der Waals surface area contributed by atoms with Gasteiger partial charge in [0, 0.05) is 32.7 Å². The van der Waals surface area contributed by atoms with Crippen molar-refractivity contribution in [2.75, 3.05) is 46.4 Å². The molecule has 1 heterocycles. The molecule has 2 rings (SSSR count). The molecule has 0 radical (unpaired) electrons. The number of aryl methyl sites for hydroxylation is 2. The quantitative estimate of drug-likeness (QED) is 0.869. The van der Waals surface area contributed by atoms with Gasteiger partial charge in [-0.25, -0.2) is 0 Å². The van der Waals surface area contributed by atoms with E-state index in [4.69, 9.17) is 0 Å². The summed E-state index contributed by atoms with van der Waals surface area (Å²) in [5, 5.41) is 3.40. The highest BCUT2D eigenvalue weighted by Crippen LogP contribution is 2.11. The third kappa shape index (κ3) is 4.60. The molecule has 1 saturated heterocycles. The van der Waals surface area contributed by atoms with E-state index in [2.05, 4.69) is 54.2 Å². The largest absolute Gasteiger partial charge is 0.314 e. The predicted octanol–water partition coefficient (Wildman–Crippen LogP) is 1.64. The van der Waals surface area contributed by atoms with Crippen LogP contribution in [0.25, 0.3) is 0 Å². The fourth-order valence-electron chi connectivity index (χ4n) is 2.65. The molecule has 0 bridgehead atoms. The van der Waals surface area contributed by atoms with Gasteiger partial charge < -0.3 is 5.32 Å². The first kappa shape index (κ1) is 14.5. The Bertz CT molecular complexity index is 397. The highest BCUT2D eigenvalue weighted by atomic mass is 15.3. The number of likely N-dealkylation sites (N-methyl/N-ethyl adjacent to an activating group) is 1. The average Bonchev–Trinajstić information content (AvgIpc) is 2.41. The first-order chi connectivity index (χ1) is 9.15. The monoisotopic (exact) mass is 261 g/mol. The lowest BCUT2D eigenvalue weighted by Gasteiger charge is -2.31. The van der Waals surface area contributed by atoms with E-state index in [-0.39, 0.29) is 0 Å². The normalized spacial score (nSPS) is 17.1. The van der Waals surface area contributed by atoms with Crippen molar-refractivity contribution in [3.05, 3.63) is 34.9 Å². The Kier molecular flexibility index (Phi) is 5.37. The van der Waals surface area contributed by atoms with Crippen molar-refractivity contribution in [2.24, 2.45) is 0 Å². The van der Waals surface area contributed by atoms with Crippen LogP contribution in [-0.4, -0.2) is 56.2 Å². The van der Waals surface area contributed by atoms with E-state index in [0.29, 0.717) is 0 Å². The van der Waals surface area contributed by atoms with Gasteiger partial charge in [0.15, 0.2) is 0 Å². The highest BCUT2D eigenvalue weighted by Gasteiger charge is 2.11. The lowest BCUT2D eigenvalue weighted by Crippen LogP contribution is -2.47. The summed E-state index contributed by atoms with van der Waals surface area (Å²) < 4.78 is 0. The molecule has 1 fully saturated rings. The second-order valence-electron chi connectivity index (χ2n) is 5.77. The maximum Gasteiger partial charge on any atom is 0.0504 e. The van der Waals surface area contributed by atoms with Crippen molar-refractivity contribution in [2.45, 2.75) is 20.3 Å². The van der Waals surface area contributed by atoms with Crippen LogP contribution in [0.1, 0.15) is 16.7 Å². The van der Waals surface area contributed by atoms with Crippen LogP contribution in [0.4, 0.5) is 0 Å². The Balaban J connectivity index is 1.79. The van der Waals surface area contributed by atoms with Crippen LogP contribution in [-0.2, 0) is 6.42 Å². The van der Waals surface area contributed by atoms with Gasteiger partial charge in [-0.15, -0.1) is 0 Å². The Hall–Kier alpha value is -0.900. The maximum atomic E-state index is 3.40. The highest BCUT2D eigenvalue weighted by molar-refractivity contribution is 5.30. The van der Waals surface area contributed by atoms with Crippen molar-refractivity contribution in [1.82, 2.24) is 15.1 Å². The minimum Gasteiger partial charge on any atom is -0.314 e. The fourth-order valence-corrected chi connectivity index (χ4v) is 2.65. The molecule has 106 valence electrons. The summed E-state index contributed by atoms with van der Waals surface area (Å²) in [7, 11) is 2.23. The van der Waals surface area contributed by atoms with Crippen molar-refractivity contribution in [3.8, 4) is 0 Å². The predicted molar refractivity (Wildman–Crippen MR) is 81.6 cm³/mol. The zero-order valence-electron chi connectivity index (χ0n) is 12.6. The van der Waals surface area contributed by atoms with Crippen LogP contribution in [0.2, 0.25) is 0 Å². The van der Waals surface area contributed by atoms with E-state index in [1.165, 1.54) is 29.8 Å². The molecule has 1 aromatic carbocycles. The van der Waals surface area contributed by atoms with Gasteiger partial charge in [0.25, 0.3) is 0 Å². The Morgan fingerprint density at radius 2 is 1.95 bits per heavy atom. The van der Waals surface area contributed by atoms with Crippen molar-refractivity contribution in [1.29, 1.82) is 0 Å². The molecule has 0 aromatic heterocycles. The number of hydrogen-bond donors (Lipinski definition) is 1. The van der Waals surface area contributed by atoms with Crippen LogP contribution in [0.15, 0.2) is 18.2 Å². The van der Waals surface area contributed by atoms with Gasteiger partial charge in [-0.2, -0.15) is 0 Å². The summed E-state index contributed by atoms with van der Waals surface area (Å²) in [6, 6.07) is 6.76. The van der Waals surface area contributed by atoms with Crippen molar-refractivity contribution < 1.29 is 0 Å². The zero-order chi connectivity index (χ0) is 13.7. The van der Waals surface area contributed by atoms with Crippen LogP contribution in [0.3, 0.4) is 0 Å².